The maximum atomic E-state index is 2.24. The molecule has 5 rings (SSSR count). The predicted octanol–water partition coefficient (Wildman–Crippen LogP) is 12.1. The Hall–Kier alpha value is -3.64. The van der Waals surface area contributed by atoms with Gasteiger partial charge in [-0.2, -0.15) is 0 Å². The van der Waals surface area contributed by atoms with Crippen LogP contribution < -0.4 is 0 Å². The maximum absolute atomic E-state index is 2.24. The topological polar surface area (TPSA) is 0 Å². The molecule has 0 aliphatic heterocycles. The first kappa shape index (κ1) is 32.6. The fourth-order valence-electron chi connectivity index (χ4n) is 4.33. The number of rotatable bonds is 4. The molecule has 0 aromatic heterocycles. The lowest BCUT2D eigenvalue weighted by molar-refractivity contribution is 0.865. The third-order valence-corrected chi connectivity index (χ3v) is 6.87. The Labute approximate surface area is 245 Å². The monoisotopic (exact) mass is 530 g/mol. The Morgan fingerprint density at radius 1 is 0.475 bits per heavy atom. The van der Waals surface area contributed by atoms with Gasteiger partial charge in [0.05, 0.1) is 0 Å². The van der Waals surface area contributed by atoms with Crippen LogP contribution in [0.25, 0.3) is 10.8 Å². The van der Waals surface area contributed by atoms with Gasteiger partial charge in [0.2, 0.25) is 0 Å². The molecule has 0 spiro atoms. The molecule has 0 fully saturated rings. The van der Waals surface area contributed by atoms with E-state index in [1.165, 1.54) is 38.6 Å². The minimum absolute atomic E-state index is 0.603. The molecule has 0 heteroatoms. The van der Waals surface area contributed by atoms with Crippen LogP contribution >= 0.6 is 0 Å². The molecule has 5 aromatic carbocycles. The fourth-order valence-corrected chi connectivity index (χ4v) is 4.33. The Balaban J connectivity index is 0.000000190. The van der Waals surface area contributed by atoms with E-state index in [9.17, 15) is 0 Å². The van der Waals surface area contributed by atoms with Crippen molar-refractivity contribution >= 4 is 10.8 Å². The molecule has 0 heterocycles. The largest absolute Gasteiger partial charge is 0.0622 e. The lowest BCUT2D eigenvalue weighted by Crippen LogP contribution is -1.88. The molecule has 0 nitrogen and oxygen atoms in total. The van der Waals surface area contributed by atoms with Gasteiger partial charge in [-0.3, -0.25) is 0 Å². The molecule has 0 saturated carbocycles. The van der Waals surface area contributed by atoms with E-state index in [1.807, 2.05) is 12.1 Å². The lowest BCUT2D eigenvalue weighted by atomic mass is 9.96. The molecule has 0 N–H and O–H groups in total. The highest BCUT2D eigenvalue weighted by atomic mass is 14.1. The van der Waals surface area contributed by atoms with Gasteiger partial charge in [-0.25, -0.2) is 0 Å². The molecular weight excluding hydrogens is 480 g/mol. The molecule has 0 unspecified atom stereocenters. The minimum Gasteiger partial charge on any atom is -0.0622 e. The first-order valence-corrected chi connectivity index (χ1v) is 14.9. The van der Waals surface area contributed by atoms with E-state index in [-0.39, 0.29) is 0 Å². The average molecular weight is 531 g/mol. The third-order valence-electron chi connectivity index (χ3n) is 6.87. The maximum Gasteiger partial charge on any atom is -0.0149 e. The first-order valence-electron chi connectivity index (χ1n) is 14.9. The van der Waals surface area contributed by atoms with Crippen molar-refractivity contribution in [1.29, 1.82) is 0 Å². The standard InChI is InChI=1S/C13H14.C10H14.C9H12.C8H10/c1-10(2)12-9-5-7-11-6-3-4-8-13(11)12;1-8(2)10-6-4-5-9(3)7-10;1-8(2)9-6-4-3-5-7-9;1-2-8-6-4-3-5-7-8/h3-10H,1-2H3;4-8H,1-3H3;3-8H,1-2H3;3-7H,2H2,1H3. The van der Waals surface area contributed by atoms with Gasteiger partial charge in [-0.05, 0) is 64.1 Å². The van der Waals surface area contributed by atoms with Crippen LogP contribution in [0.15, 0.2) is 127 Å². The van der Waals surface area contributed by atoms with Gasteiger partial charge < -0.3 is 0 Å². The SMILES string of the molecule is CC(C)c1cccc2ccccc12.CC(C)c1ccccc1.CCc1ccccc1.Cc1cccc(C(C)C)c1. The highest BCUT2D eigenvalue weighted by Crippen LogP contribution is 2.24. The molecule has 5 aromatic rings. The van der Waals surface area contributed by atoms with Crippen LogP contribution in [0.3, 0.4) is 0 Å². The number of hydrogen-bond acceptors (Lipinski definition) is 0. The normalized spacial score (nSPS) is 10.3. The Morgan fingerprint density at radius 3 is 1.45 bits per heavy atom. The molecule has 0 aliphatic rings. The van der Waals surface area contributed by atoms with E-state index >= 15 is 0 Å². The average Bonchev–Trinajstić information content (AvgIpc) is 2.98. The van der Waals surface area contributed by atoms with Gasteiger partial charge in [-0.15, -0.1) is 0 Å². The van der Waals surface area contributed by atoms with E-state index in [2.05, 4.69) is 171 Å². The highest BCUT2D eigenvalue weighted by Gasteiger charge is 2.02. The summed E-state index contributed by atoms with van der Waals surface area (Å²) in [5.41, 5.74) is 7.05. The van der Waals surface area contributed by atoms with Gasteiger partial charge in [-0.1, -0.05) is 181 Å². The molecule has 0 atom stereocenters. The summed E-state index contributed by atoms with van der Waals surface area (Å²) in [6, 6.07) is 44.7. The Kier molecular flexibility index (Phi) is 14.5. The van der Waals surface area contributed by atoms with Gasteiger partial charge in [0.1, 0.15) is 0 Å². The quantitative estimate of drug-likeness (QED) is 0.217. The second-order valence-electron chi connectivity index (χ2n) is 11.2. The van der Waals surface area contributed by atoms with E-state index in [4.69, 9.17) is 0 Å². The summed E-state index contributed by atoms with van der Waals surface area (Å²) in [5, 5.41) is 2.73. The number of aryl methyl sites for hydroxylation is 2. The highest BCUT2D eigenvalue weighted by molar-refractivity contribution is 5.86. The Bertz CT molecular complexity index is 1340. The van der Waals surface area contributed by atoms with Crippen molar-refractivity contribution in [3.05, 3.63) is 155 Å². The third kappa shape index (κ3) is 11.6. The van der Waals surface area contributed by atoms with Crippen LogP contribution in [-0.2, 0) is 6.42 Å². The minimum atomic E-state index is 0.603. The Morgan fingerprint density at radius 2 is 0.975 bits per heavy atom. The second kappa shape index (κ2) is 17.9. The van der Waals surface area contributed by atoms with Crippen LogP contribution in [0, 0.1) is 6.92 Å². The van der Waals surface area contributed by atoms with E-state index in [0.29, 0.717) is 17.8 Å². The van der Waals surface area contributed by atoms with Crippen molar-refractivity contribution < 1.29 is 0 Å². The molecule has 0 amide bonds. The number of hydrogen-bond donors (Lipinski definition) is 0. The van der Waals surface area contributed by atoms with E-state index in [1.54, 1.807) is 0 Å². The molecule has 0 saturated heterocycles. The lowest BCUT2D eigenvalue weighted by Gasteiger charge is -2.08. The zero-order chi connectivity index (χ0) is 29.3. The molecule has 0 bridgehead atoms. The van der Waals surface area contributed by atoms with Crippen molar-refractivity contribution in [1.82, 2.24) is 0 Å². The van der Waals surface area contributed by atoms with Crippen molar-refractivity contribution in [3.63, 3.8) is 0 Å². The van der Waals surface area contributed by atoms with Crippen LogP contribution in [0.2, 0.25) is 0 Å². The zero-order valence-corrected chi connectivity index (χ0v) is 26.1. The van der Waals surface area contributed by atoms with Gasteiger partial charge >= 0.3 is 0 Å². The summed E-state index contributed by atoms with van der Waals surface area (Å²) in [6.07, 6.45) is 1.14. The summed E-state index contributed by atoms with van der Waals surface area (Å²) in [5.74, 6) is 1.91. The summed E-state index contributed by atoms with van der Waals surface area (Å²) < 4.78 is 0. The van der Waals surface area contributed by atoms with Gasteiger partial charge in [0.15, 0.2) is 0 Å². The van der Waals surface area contributed by atoms with Crippen LogP contribution in [0.1, 0.15) is 94.0 Å². The molecule has 210 valence electrons. The number of fused-ring (bicyclic) bond motifs is 1. The van der Waals surface area contributed by atoms with Crippen LogP contribution in [0.5, 0.6) is 0 Å². The molecule has 0 aliphatic carbocycles. The van der Waals surface area contributed by atoms with Crippen molar-refractivity contribution in [3.8, 4) is 0 Å². The van der Waals surface area contributed by atoms with Crippen molar-refractivity contribution in [2.75, 3.05) is 0 Å². The molecule has 0 radical (unpaired) electrons. The summed E-state index contributed by atoms with van der Waals surface area (Å²) in [7, 11) is 0. The van der Waals surface area contributed by atoms with Crippen molar-refractivity contribution in [2.45, 2.75) is 79.6 Å². The smallest absolute Gasteiger partial charge is 0.0149 e. The van der Waals surface area contributed by atoms with Gasteiger partial charge in [0.25, 0.3) is 0 Å². The summed E-state index contributed by atoms with van der Waals surface area (Å²) in [4.78, 5) is 0. The predicted molar refractivity (Wildman–Crippen MR) is 180 cm³/mol. The molecular formula is C40H50. The first-order chi connectivity index (χ1) is 19.2. The van der Waals surface area contributed by atoms with E-state index in [0.717, 1.165) is 6.42 Å². The summed E-state index contributed by atoms with van der Waals surface area (Å²) in [6.45, 7) is 17.6. The fraction of sp³-hybridized carbons (Fsp3) is 0.300. The summed E-state index contributed by atoms with van der Waals surface area (Å²) >= 11 is 0. The molecule has 40 heavy (non-hydrogen) atoms. The van der Waals surface area contributed by atoms with Crippen molar-refractivity contribution in [2.24, 2.45) is 0 Å². The number of benzene rings is 5. The van der Waals surface area contributed by atoms with Gasteiger partial charge in [0, 0.05) is 0 Å². The van der Waals surface area contributed by atoms with Crippen LogP contribution in [0.4, 0.5) is 0 Å². The van der Waals surface area contributed by atoms with E-state index < -0.39 is 0 Å². The van der Waals surface area contributed by atoms with Crippen LogP contribution in [-0.4, -0.2) is 0 Å². The second-order valence-corrected chi connectivity index (χ2v) is 11.2. The zero-order valence-electron chi connectivity index (χ0n) is 26.1.